The summed E-state index contributed by atoms with van der Waals surface area (Å²) in [6, 6.07) is 17.8. The summed E-state index contributed by atoms with van der Waals surface area (Å²) >= 11 is 3.52. The van der Waals surface area contributed by atoms with Crippen LogP contribution in [0.15, 0.2) is 94.7 Å². The molecule has 0 spiro atoms. The van der Waals surface area contributed by atoms with Crippen molar-refractivity contribution in [2.45, 2.75) is 18.9 Å². The van der Waals surface area contributed by atoms with E-state index in [1.807, 2.05) is 56.4 Å². The van der Waals surface area contributed by atoms with Crippen molar-refractivity contribution in [3.8, 4) is 22.4 Å². The van der Waals surface area contributed by atoms with Crippen molar-refractivity contribution in [3.63, 3.8) is 0 Å². The molecule has 1 aliphatic rings. The molecule has 3 heterocycles. The Morgan fingerprint density at radius 2 is 1.74 bits per heavy atom. The highest BCUT2D eigenvalue weighted by molar-refractivity contribution is 9.10. The summed E-state index contributed by atoms with van der Waals surface area (Å²) in [6.07, 6.45) is 7.44. The standard InChI is InChI=1S/C28H22BrFN4O/c1-28(14-11-23(32-28)24(35)17-20-5-3-4-6-22(20)29)27-25(18-12-15-31-16-13-18)26(33-34(27)2)19-7-9-21(30)10-8-19/h3-16H,17H2,1-2H3. The van der Waals surface area contributed by atoms with Gasteiger partial charge in [-0.2, -0.15) is 5.10 Å². The second-order valence-corrected chi connectivity index (χ2v) is 9.46. The fourth-order valence-electron chi connectivity index (χ4n) is 4.46. The fourth-order valence-corrected chi connectivity index (χ4v) is 4.89. The molecular weight excluding hydrogens is 507 g/mol. The maximum atomic E-state index is 13.6. The normalized spacial score (nSPS) is 17.0. The van der Waals surface area contributed by atoms with Crippen LogP contribution in [0.3, 0.4) is 0 Å². The van der Waals surface area contributed by atoms with Crippen molar-refractivity contribution in [3.05, 3.63) is 107 Å². The number of aryl methyl sites for hydroxylation is 1. The molecule has 0 N–H and O–H groups in total. The van der Waals surface area contributed by atoms with E-state index in [1.54, 1.807) is 35.3 Å². The summed E-state index contributed by atoms with van der Waals surface area (Å²) in [7, 11) is 1.86. The molecule has 1 atom stereocenters. The Labute approximate surface area is 211 Å². The number of carbonyl (C=O) groups is 1. The minimum absolute atomic E-state index is 0.0525. The number of carbonyl (C=O) groups excluding carboxylic acids is 1. The smallest absolute Gasteiger partial charge is 0.185 e. The van der Waals surface area contributed by atoms with Gasteiger partial charge in [-0.1, -0.05) is 34.1 Å². The van der Waals surface area contributed by atoms with Crippen LogP contribution in [0.2, 0.25) is 0 Å². The number of Topliss-reactive ketones (excluding diaryl/α,β-unsaturated/α-hetero) is 1. The van der Waals surface area contributed by atoms with Crippen LogP contribution in [0, 0.1) is 5.82 Å². The largest absolute Gasteiger partial charge is 0.292 e. The highest BCUT2D eigenvalue weighted by Gasteiger charge is 2.36. The van der Waals surface area contributed by atoms with Crippen molar-refractivity contribution < 1.29 is 9.18 Å². The zero-order valence-electron chi connectivity index (χ0n) is 19.2. The number of hydrogen-bond donors (Lipinski definition) is 0. The molecule has 0 radical (unpaired) electrons. The molecule has 7 heteroatoms. The minimum atomic E-state index is -0.808. The molecule has 1 aliphatic heterocycles. The molecule has 0 saturated heterocycles. The Morgan fingerprint density at radius 3 is 2.46 bits per heavy atom. The number of hydrogen-bond acceptors (Lipinski definition) is 4. The predicted molar refractivity (Wildman–Crippen MR) is 139 cm³/mol. The maximum absolute atomic E-state index is 13.6. The number of halogens is 2. The number of allylic oxidation sites excluding steroid dienone is 1. The Bertz CT molecular complexity index is 1470. The monoisotopic (exact) mass is 528 g/mol. The van der Waals surface area contributed by atoms with Gasteiger partial charge in [0.15, 0.2) is 5.78 Å². The van der Waals surface area contributed by atoms with Crippen molar-refractivity contribution in [2.24, 2.45) is 12.0 Å². The van der Waals surface area contributed by atoms with Crippen LogP contribution in [0.25, 0.3) is 22.4 Å². The van der Waals surface area contributed by atoms with Gasteiger partial charge in [-0.3, -0.25) is 19.5 Å². The molecule has 5 rings (SSSR count). The Balaban J connectivity index is 1.60. The first-order valence-corrected chi connectivity index (χ1v) is 11.9. The molecule has 4 aromatic rings. The number of aromatic nitrogens is 3. The first-order valence-electron chi connectivity index (χ1n) is 11.2. The summed E-state index contributed by atoms with van der Waals surface area (Å²) in [6.45, 7) is 1.97. The van der Waals surface area contributed by atoms with Crippen LogP contribution in [-0.2, 0) is 23.8 Å². The Hall–Kier alpha value is -3.71. The Morgan fingerprint density at radius 1 is 1.03 bits per heavy atom. The van der Waals surface area contributed by atoms with E-state index in [-0.39, 0.29) is 18.0 Å². The van der Waals surface area contributed by atoms with Crippen LogP contribution < -0.4 is 0 Å². The third-order valence-corrected chi connectivity index (χ3v) is 6.90. The fraction of sp³-hybridized carbons (Fsp3) is 0.143. The molecule has 0 saturated carbocycles. The van der Waals surface area contributed by atoms with E-state index in [2.05, 4.69) is 20.9 Å². The van der Waals surface area contributed by atoms with Gasteiger partial charge >= 0.3 is 0 Å². The number of aliphatic imine (C=N–C) groups is 1. The van der Waals surface area contributed by atoms with E-state index in [9.17, 15) is 9.18 Å². The van der Waals surface area contributed by atoms with Crippen LogP contribution in [-0.4, -0.2) is 26.3 Å². The van der Waals surface area contributed by atoms with Gasteiger partial charge in [0.1, 0.15) is 22.8 Å². The van der Waals surface area contributed by atoms with Crippen molar-refractivity contribution >= 4 is 27.4 Å². The molecule has 2 aromatic carbocycles. The number of nitrogens with zero attached hydrogens (tertiary/aromatic N) is 4. The highest BCUT2D eigenvalue weighted by atomic mass is 79.9. The van der Waals surface area contributed by atoms with Crippen molar-refractivity contribution in [1.29, 1.82) is 0 Å². The van der Waals surface area contributed by atoms with Crippen LogP contribution in [0.5, 0.6) is 0 Å². The predicted octanol–water partition coefficient (Wildman–Crippen LogP) is 6.09. The van der Waals surface area contributed by atoms with Gasteiger partial charge in [0.25, 0.3) is 0 Å². The molecule has 0 amide bonds. The van der Waals surface area contributed by atoms with Crippen molar-refractivity contribution in [2.75, 3.05) is 0 Å². The SMILES string of the molecule is Cn1nc(-c2ccc(F)cc2)c(-c2ccncc2)c1C1(C)C=CC(C(=O)Cc2ccccc2Br)=N1. The lowest BCUT2D eigenvalue weighted by Gasteiger charge is -2.21. The average Bonchev–Trinajstić information content (AvgIpc) is 3.43. The van der Waals surface area contributed by atoms with E-state index in [4.69, 9.17) is 10.1 Å². The second-order valence-electron chi connectivity index (χ2n) is 8.61. The minimum Gasteiger partial charge on any atom is -0.292 e. The van der Waals surface area contributed by atoms with Gasteiger partial charge in [-0.05, 0) is 72.7 Å². The third-order valence-electron chi connectivity index (χ3n) is 6.13. The lowest BCUT2D eigenvalue weighted by Crippen LogP contribution is -2.21. The highest BCUT2D eigenvalue weighted by Crippen LogP contribution is 2.42. The number of rotatable bonds is 6. The van der Waals surface area contributed by atoms with Crippen molar-refractivity contribution in [1.82, 2.24) is 14.8 Å². The van der Waals surface area contributed by atoms with Gasteiger partial charge in [0, 0.05) is 41.5 Å². The van der Waals surface area contributed by atoms with E-state index in [1.165, 1.54) is 12.1 Å². The van der Waals surface area contributed by atoms with E-state index in [0.717, 1.165) is 32.4 Å². The molecule has 174 valence electrons. The lowest BCUT2D eigenvalue weighted by atomic mass is 9.90. The molecule has 5 nitrogen and oxygen atoms in total. The molecule has 35 heavy (non-hydrogen) atoms. The van der Waals surface area contributed by atoms with Gasteiger partial charge in [0.2, 0.25) is 0 Å². The molecule has 0 fully saturated rings. The van der Waals surface area contributed by atoms with E-state index in [0.29, 0.717) is 11.4 Å². The first-order chi connectivity index (χ1) is 16.9. The van der Waals surface area contributed by atoms with Gasteiger partial charge in [-0.25, -0.2) is 4.39 Å². The van der Waals surface area contributed by atoms with Crippen LogP contribution >= 0.6 is 15.9 Å². The van der Waals surface area contributed by atoms with Gasteiger partial charge < -0.3 is 0 Å². The maximum Gasteiger partial charge on any atom is 0.185 e. The van der Waals surface area contributed by atoms with E-state index < -0.39 is 5.54 Å². The summed E-state index contributed by atoms with van der Waals surface area (Å²) in [5, 5.41) is 4.81. The molecule has 0 aliphatic carbocycles. The summed E-state index contributed by atoms with van der Waals surface area (Å²) in [5.74, 6) is -0.359. The number of benzene rings is 2. The zero-order chi connectivity index (χ0) is 24.6. The molecule has 1 unspecified atom stereocenters. The lowest BCUT2D eigenvalue weighted by molar-refractivity contribution is -0.112. The zero-order valence-corrected chi connectivity index (χ0v) is 20.8. The topological polar surface area (TPSA) is 60.1 Å². The molecular formula is C28H22BrFN4O. The molecule has 2 aromatic heterocycles. The first kappa shape index (κ1) is 23.1. The third kappa shape index (κ3) is 4.39. The molecule has 0 bridgehead atoms. The number of pyridine rings is 1. The second kappa shape index (κ2) is 9.15. The van der Waals surface area contributed by atoms with Crippen LogP contribution in [0.1, 0.15) is 18.2 Å². The van der Waals surface area contributed by atoms with Gasteiger partial charge in [-0.15, -0.1) is 0 Å². The quantitative estimate of drug-likeness (QED) is 0.304. The average molecular weight is 529 g/mol. The summed E-state index contributed by atoms with van der Waals surface area (Å²) < 4.78 is 16.3. The van der Waals surface area contributed by atoms with Crippen LogP contribution in [0.4, 0.5) is 4.39 Å². The summed E-state index contributed by atoms with van der Waals surface area (Å²) in [5.41, 5.74) is 4.66. The number of ketones is 1. The van der Waals surface area contributed by atoms with Gasteiger partial charge in [0.05, 0.1) is 5.69 Å². The Kier molecular flexibility index (Phi) is 6.03. The summed E-state index contributed by atoms with van der Waals surface area (Å²) in [4.78, 5) is 22.2. The van der Waals surface area contributed by atoms with E-state index >= 15 is 0 Å².